The highest BCUT2D eigenvalue weighted by Gasteiger charge is 2.63. The molecular formula is C27H42O5. The van der Waals surface area contributed by atoms with Crippen LogP contribution in [-0.2, 0) is 14.4 Å². The van der Waals surface area contributed by atoms with Gasteiger partial charge in [-0.25, -0.2) is 0 Å². The maximum Gasteiger partial charge on any atom is 0.306 e. The highest BCUT2D eigenvalue weighted by Crippen LogP contribution is 2.67. The highest BCUT2D eigenvalue weighted by molar-refractivity contribution is 5.92. The van der Waals surface area contributed by atoms with Gasteiger partial charge in [-0.05, 0) is 85.9 Å². The molecule has 4 aliphatic carbocycles. The van der Waals surface area contributed by atoms with Crippen LogP contribution >= 0.6 is 0 Å². The lowest BCUT2D eigenvalue weighted by Crippen LogP contribution is -2.54. The van der Waals surface area contributed by atoms with E-state index < -0.39 is 11.9 Å². The maximum absolute atomic E-state index is 13.3. The van der Waals surface area contributed by atoms with E-state index in [0.717, 1.165) is 44.9 Å². The van der Waals surface area contributed by atoms with E-state index in [4.69, 9.17) is 5.11 Å². The molecule has 10 atom stereocenters. The van der Waals surface area contributed by atoms with Gasteiger partial charge in [0.15, 0.2) is 0 Å². The van der Waals surface area contributed by atoms with E-state index in [1.165, 1.54) is 0 Å². The van der Waals surface area contributed by atoms with Gasteiger partial charge in [-0.2, -0.15) is 0 Å². The number of Topliss-reactive ketones (excluding diaryl/α,β-unsaturated/α-hetero) is 2. The Balaban J connectivity index is 1.51. The molecule has 4 rings (SSSR count). The van der Waals surface area contributed by atoms with Gasteiger partial charge in [-0.3, -0.25) is 14.4 Å². The van der Waals surface area contributed by atoms with E-state index in [9.17, 15) is 19.5 Å². The molecule has 5 heteroatoms. The Morgan fingerprint density at radius 3 is 2.41 bits per heavy atom. The first kappa shape index (κ1) is 23.9. The average Bonchev–Trinajstić information content (AvgIpc) is 3.01. The molecule has 2 N–H and O–H groups in total. The molecule has 0 spiro atoms. The van der Waals surface area contributed by atoms with Gasteiger partial charge in [-0.15, -0.1) is 0 Å². The molecule has 0 aromatic rings. The second kappa shape index (κ2) is 8.52. The molecule has 0 bridgehead atoms. The van der Waals surface area contributed by atoms with E-state index >= 15 is 0 Å². The monoisotopic (exact) mass is 446 g/mol. The molecule has 0 radical (unpaired) electrons. The van der Waals surface area contributed by atoms with E-state index in [1.807, 2.05) is 6.92 Å². The van der Waals surface area contributed by atoms with E-state index in [1.54, 1.807) is 6.92 Å². The number of fused-ring (bicyclic) bond motifs is 5. The Kier molecular flexibility index (Phi) is 6.37. The van der Waals surface area contributed by atoms with Crippen molar-refractivity contribution in [3.63, 3.8) is 0 Å². The topological polar surface area (TPSA) is 91.7 Å². The van der Waals surface area contributed by atoms with Gasteiger partial charge in [0.2, 0.25) is 0 Å². The first-order valence-corrected chi connectivity index (χ1v) is 12.9. The van der Waals surface area contributed by atoms with Crippen LogP contribution in [0.5, 0.6) is 0 Å². The summed E-state index contributed by atoms with van der Waals surface area (Å²) in [5.74, 6) is 0.495. The Morgan fingerprint density at radius 2 is 1.72 bits per heavy atom. The summed E-state index contributed by atoms with van der Waals surface area (Å²) in [6.07, 6.45) is 8.41. The minimum Gasteiger partial charge on any atom is -0.481 e. The van der Waals surface area contributed by atoms with Crippen molar-refractivity contribution in [2.45, 2.75) is 98.0 Å². The normalized spacial score (nSPS) is 45.3. The number of ketones is 2. The summed E-state index contributed by atoms with van der Waals surface area (Å²) in [7, 11) is 0. The van der Waals surface area contributed by atoms with Gasteiger partial charge in [0.25, 0.3) is 0 Å². The van der Waals surface area contributed by atoms with Crippen molar-refractivity contribution in [1.82, 2.24) is 0 Å². The zero-order valence-corrected chi connectivity index (χ0v) is 20.3. The number of aliphatic carboxylic acids is 1. The summed E-state index contributed by atoms with van der Waals surface area (Å²) in [6.45, 7) is 8.27. The van der Waals surface area contributed by atoms with Crippen molar-refractivity contribution in [3.05, 3.63) is 0 Å². The molecule has 0 saturated heterocycles. The number of carbonyl (C=O) groups is 3. The van der Waals surface area contributed by atoms with Crippen LogP contribution in [0.4, 0.5) is 0 Å². The number of hydrogen-bond acceptors (Lipinski definition) is 4. The molecule has 5 nitrogen and oxygen atoms in total. The second-order valence-corrected chi connectivity index (χ2v) is 12.3. The quantitative estimate of drug-likeness (QED) is 0.606. The third kappa shape index (κ3) is 3.76. The second-order valence-electron chi connectivity index (χ2n) is 12.3. The van der Waals surface area contributed by atoms with Crippen molar-refractivity contribution in [1.29, 1.82) is 0 Å². The first-order chi connectivity index (χ1) is 15.0. The van der Waals surface area contributed by atoms with Crippen LogP contribution in [-0.4, -0.2) is 33.9 Å². The predicted octanol–water partition coefficient (Wildman–Crippen LogP) is 4.89. The fourth-order valence-electron chi connectivity index (χ4n) is 8.81. The van der Waals surface area contributed by atoms with Gasteiger partial charge in [0, 0.05) is 24.7 Å². The van der Waals surface area contributed by atoms with Crippen LogP contribution in [0, 0.1) is 52.3 Å². The number of hydrogen-bond donors (Lipinski definition) is 2. The largest absolute Gasteiger partial charge is 0.481 e. The van der Waals surface area contributed by atoms with Crippen molar-refractivity contribution in [2.24, 2.45) is 52.3 Å². The number of carbonyl (C=O) groups excluding carboxylic acids is 2. The predicted molar refractivity (Wildman–Crippen MR) is 122 cm³/mol. The minimum atomic E-state index is -0.868. The van der Waals surface area contributed by atoms with Crippen LogP contribution < -0.4 is 0 Å². The summed E-state index contributed by atoms with van der Waals surface area (Å²) in [5.41, 5.74) is 0.155. The summed E-state index contributed by atoms with van der Waals surface area (Å²) in [4.78, 5) is 37.5. The highest BCUT2D eigenvalue weighted by atomic mass is 16.4. The molecule has 0 aromatic heterocycles. The summed E-state index contributed by atoms with van der Waals surface area (Å²) in [6, 6.07) is 0. The van der Waals surface area contributed by atoms with E-state index in [0.29, 0.717) is 36.5 Å². The SMILES string of the molecule is C[C@@H](CCC(=O)[C@H](C)[C@H]1C(=O)C[C@H]2[C@@H]3CC[C@H]4C[C@@H](O)CC[C@]4(C)[C@H]3CC[C@]12C)C(=O)O. The number of aliphatic hydroxyl groups is 1. The van der Waals surface area contributed by atoms with Gasteiger partial charge < -0.3 is 10.2 Å². The first-order valence-electron chi connectivity index (χ1n) is 12.9. The Bertz CT molecular complexity index is 776. The zero-order valence-electron chi connectivity index (χ0n) is 20.3. The fraction of sp³-hybridized carbons (Fsp3) is 0.889. The van der Waals surface area contributed by atoms with Crippen LogP contribution in [0.1, 0.15) is 91.9 Å². The van der Waals surface area contributed by atoms with Crippen LogP contribution in [0.3, 0.4) is 0 Å². The van der Waals surface area contributed by atoms with Crippen molar-refractivity contribution < 1.29 is 24.6 Å². The van der Waals surface area contributed by atoms with Gasteiger partial charge in [0.05, 0.1) is 12.0 Å². The molecular weight excluding hydrogens is 404 g/mol. The third-order valence-corrected chi connectivity index (χ3v) is 10.8. The molecule has 180 valence electrons. The molecule has 4 aliphatic rings. The van der Waals surface area contributed by atoms with Crippen molar-refractivity contribution in [3.8, 4) is 0 Å². The Labute approximate surface area is 192 Å². The van der Waals surface area contributed by atoms with Gasteiger partial charge in [0.1, 0.15) is 11.6 Å². The van der Waals surface area contributed by atoms with Crippen LogP contribution in [0.25, 0.3) is 0 Å². The number of carboxylic acids is 1. The van der Waals surface area contributed by atoms with E-state index in [2.05, 4.69) is 13.8 Å². The molecule has 4 fully saturated rings. The smallest absolute Gasteiger partial charge is 0.306 e. The summed E-state index contributed by atoms with van der Waals surface area (Å²) in [5, 5.41) is 19.4. The molecule has 0 aromatic carbocycles. The lowest BCUT2D eigenvalue weighted by atomic mass is 9.44. The van der Waals surface area contributed by atoms with Crippen molar-refractivity contribution >= 4 is 17.5 Å². The Hall–Kier alpha value is -1.23. The van der Waals surface area contributed by atoms with E-state index in [-0.39, 0.29) is 46.8 Å². The number of rotatable bonds is 6. The van der Waals surface area contributed by atoms with Crippen molar-refractivity contribution in [2.75, 3.05) is 0 Å². The van der Waals surface area contributed by atoms with Crippen LogP contribution in [0.2, 0.25) is 0 Å². The third-order valence-electron chi connectivity index (χ3n) is 10.8. The molecule has 4 saturated carbocycles. The molecule has 0 amide bonds. The zero-order chi connectivity index (χ0) is 23.4. The maximum atomic E-state index is 13.3. The molecule has 0 aliphatic heterocycles. The average molecular weight is 447 g/mol. The fourth-order valence-corrected chi connectivity index (χ4v) is 8.81. The number of carboxylic acid groups (broad SMARTS) is 1. The van der Waals surface area contributed by atoms with Gasteiger partial charge in [-0.1, -0.05) is 27.7 Å². The lowest BCUT2D eigenvalue weighted by Gasteiger charge is -2.61. The Morgan fingerprint density at radius 1 is 1.03 bits per heavy atom. The molecule has 0 heterocycles. The minimum absolute atomic E-state index is 0.0531. The van der Waals surface area contributed by atoms with Crippen LogP contribution in [0.15, 0.2) is 0 Å². The molecule has 32 heavy (non-hydrogen) atoms. The van der Waals surface area contributed by atoms with Gasteiger partial charge >= 0.3 is 5.97 Å². The summed E-state index contributed by atoms with van der Waals surface area (Å²) >= 11 is 0. The standard InChI is InChI=1S/C27H42O5/c1-15(25(31)32)5-8-22(29)16(2)24-23(30)14-21-19-7-6-17-13-18(28)9-11-26(17,3)20(19)10-12-27(21,24)4/h15-21,24,28H,5-14H2,1-4H3,(H,31,32)/t15-,16-,17-,18-,19+,20-,21-,24-,26-,27-/m0/s1. The lowest BCUT2D eigenvalue weighted by molar-refractivity contribution is -0.142. The molecule has 0 unspecified atom stereocenters. The summed E-state index contributed by atoms with van der Waals surface area (Å²) < 4.78 is 0. The number of aliphatic hydroxyl groups excluding tert-OH is 1.